The molecule has 1 aliphatic carbocycles. The zero-order chi connectivity index (χ0) is 19.7. The quantitative estimate of drug-likeness (QED) is 0.722. The first kappa shape index (κ1) is 20.1. The van der Waals surface area contributed by atoms with Gasteiger partial charge in [-0.05, 0) is 79.6 Å². The van der Waals surface area contributed by atoms with Gasteiger partial charge in [-0.2, -0.15) is 0 Å². The van der Waals surface area contributed by atoms with Crippen molar-refractivity contribution in [1.29, 1.82) is 0 Å². The Labute approximate surface area is 164 Å². The van der Waals surface area contributed by atoms with Crippen molar-refractivity contribution < 1.29 is 17.9 Å². The van der Waals surface area contributed by atoms with Gasteiger partial charge in [0.05, 0.1) is 11.0 Å². The van der Waals surface area contributed by atoms with Crippen LogP contribution in [0.1, 0.15) is 36.8 Å². The summed E-state index contributed by atoms with van der Waals surface area (Å²) in [6.07, 6.45) is 2.75. The smallest absolute Gasteiger partial charge is 0.188 e. The van der Waals surface area contributed by atoms with Gasteiger partial charge in [0.2, 0.25) is 0 Å². The lowest BCUT2D eigenvalue weighted by Gasteiger charge is -2.40. The van der Waals surface area contributed by atoms with Crippen LogP contribution in [0.4, 0.5) is 4.39 Å². The predicted octanol–water partition coefficient (Wildman–Crippen LogP) is 4.81. The maximum atomic E-state index is 14.2. The average Bonchev–Trinajstić information content (AvgIpc) is 2.63. The molecule has 0 saturated heterocycles. The highest BCUT2D eigenvalue weighted by Gasteiger charge is 2.50. The molecule has 0 unspecified atom stereocenters. The van der Waals surface area contributed by atoms with Crippen LogP contribution >= 0.6 is 11.6 Å². The number of aliphatic hydroxyl groups excluding tert-OH is 1. The second-order valence-corrected chi connectivity index (χ2v) is 9.69. The zero-order valence-corrected chi connectivity index (χ0v) is 16.4. The van der Waals surface area contributed by atoms with E-state index in [0.717, 1.165) is 0 Å². The van der Waals surface area contributed by atoms with E-state index >= 15 is 0 Å². The lowest BCUT2D eigenvalue weighted by molar-refractivity contribution is 0.108. The van der Waals surface area contributed by atoms with E-state index in [1.807, 2.05) is 0 Å². The van der Waals surface area contributed by atoms with Gasteiger partial charge < -0.3 is 5.11 Å². The third kappa shape index (κ3) is 3.68. The monoisotopic (exact) mass is 408 g/mol. The van der Waals surface area contributed by atoms with Gasteiger partial charge in [0.15, 0.2) is 9.84 Å². The van der Waals surface area contributed by atoms with Gasteiger partial charge >= 0.3 is 0 Å². The number of aliphatic hydroxyl groups is 1. The van der Waals surface area contributed by atoms with Gasteiger partial charge in [0.25, 0.3) is 0 Å². The highest BCUT2D eigenvalue weighted by atomic mass is 35.5. The molecule has 0 aromatic heterocycles. The van der Waals surface area contributed by atoms with Crippen LogP contribution in [0.3, 0.4) is 0 Å². The SMILES string of the molecule is C=CCc1ccc(F)cc1[C@]1(S(=O)(=O)c2ccc(Cl)cc2)CCC[C@H](O)C1. The number of sulfone groups is 1. The molecule has 2 aromatic rings. The van der Waals surface area contributed by atoms with E-state index < -0.39 is 26.5 Å². The number of halogens is 2. The highest BCUT2D eigenvalue weighted by molar-refractivity contribution is 7.92. The number of allylic oxidation sites excluding steroid dienone is 1. The Morgan fingerprint density at radius 1 is 1.26 bits per heavy atom. The summed E-state index contributed by atoms with van der Waals surface area (Å²) in [6.45, 7) is 3.73. The summed E-state index contributed by atoms with van der Waals surface area (Å²) in [7, 11) is -3.90. The molecule has 1 N–H and O–H groups in total. The summed E-state index contributed by atoms with van der Waals surface area (Å²) in [5, 5.41) is 10.8. The summed E-state index contributed by atoms with van der Waals surface area (Å²) in [5.41, 5.74) is 1.12. The van der Waals surface area contributed by atoms with Crippen LogP contribution in [-0.2, 0) is 21.0 Å². The average molecular weight is 409 g/mol. The Morgan fingerprint density at radius 2 is 1.96 bits per heavy atom. The zero-order valence-electron chi connectivity index (χ0n) is 14.9. The fraction of sp³-hybridized carbons (Fsp3) is 0.333. The molecule has 0 heterocycles. The van der Waals surface area contributed by atoms with Gasteiger partial charge in [-0.25, -0.2) is 12.8 Å². The van der Waals surface area contributed by atoms with E-state index in [9.17, 15) is 17.9 Å². The van der Waals surface area contributed by atoms with Gasteiger partial charge in [0.1, 0.15) is 10.6 Å². The molecule has 27 heavy (non-hydrogen) atoms. The Kier molecular flexibility index (Phi) is 5.75. The molecular weight excluding hydrogens is 387 g/mol. The van der Waals surface area contributed by atoms with Crippen molar-refractivity contribution in [3.8, 4) is 0 Å². The molecule has 0 bridgehead atoms. The molecular formula is C21H22ClFO3S. The minimum Gasteiger partial charge on any atom is -0.393 e. The van der Waals surface area contributed by atoms with Crippen LogP contribution in [0.15, 0.2) is 60.0 Å². The molecule has 6 heteroatoms. The minimum absolute atomic E-state index is 0.0333. The van der Waals surface area contributed by atoms with Gasteiger partial charge in [-0.1, -0.05) is 23.7 Å². The van der Waals surface area contributed by atoms with Crippen molar-refractivity contribution in [3.63, 3.8) is 0 Å². The number of rotatable bonds is 5. The molecule has 1 fully saturated rings. The minimum atomic E-state index is -3.90. The summed E-state index contributed by atoms with van der Waals surface area (Å²) in [4.78, 5) is 0.120. The van der Waals surface area contributed by atoms with Crippen molar-refractivity contribution in [1.82, 2.24) is 0 Å². The summed E-state index contributed by atoms with van der Waals surface area (Å²) in [5.74, 6) is -0.497. The third-order valence-electron chi connectivity index (χ3n) is 5.25. The van der Waals surface area contributed by atoms with Crippen LogP contribution in [-0.4, -0.2) is 19.6 Å². The van der Waals surface area contributed by atoms with Crippen molar-refractivity contribution in [2.45, 2.75) is 47.9 Å². The van der Waals surface area contributed by atoms with Crippen LogP contribution in [0, 0.1) is 5.82 Å². The van der Waals surface area contributed by atoms with Gasteiger partial charge in [-0.3, -0.25) is 0 Å². The highest BCUT2D eigenvalue weighted by Crippen LogP contribution is 2.48. The Morgan fingerprint density at radius 3 is 2.59 bits per heavy atom. The number of hydrogen-bond donors (Lipinski definition) is 1. The summed E-state index contributed by atoms with van der Waals surface area (Å²) >= 11 is 5.91. The molecule has 3 rings (SSSR count). The van der Waals surface area contributed by atoms with E-state index in [4.69, 9.17) is 11.6 Å². The first-order valence-electron chi connectivity index (χ1n) is 8.88. The fourth-order valence-corrected chi connectivity index (χ4v) is 6.36. The van der Waals surface area contributed by atoms with Crippen molar-refractivity contribution in [2.75, 3.05) is 0 Å². The second-order valence-electron chi connectivity index (χ2n) is 7.00. The molecule has 3 nitrogen and oxygen atoms in total. The Bertz CT molecular complexity index is 940. The van der Waals surface area contributed by atoms with Gasteiger partial charge in [0, 0.05) is 5.02 Å². The molecule has 0 aliphatic heterocycles. The van der Waals surface area contributed by atoms with E-state index in [2.05, 4.69) is 6.58 Å². The first-order valence-corrected chi connectivity index (χ1v) is 10.7. The van der Waals surface area contributed by atoms with Crippen LogP contribution in [0.2, 0.25) is 5.02 Å². The van der Waals surface area contributed by atoms with Crippen molar-refractivity contribution in [3.05, 3.63) is 77.1 Å². The largest absolute Gasteiger partial charge is 0.393 e. The predicted molar refractivity (Wildman–Crippen MR) is 105 cm³/mol. The molecule has 144 valence electrons. The van der Waals surface area contributed by atoms with Crippen LogP contribution < -0.4 is 0 Å². The standard InChI is InChI=1S/C21H22ClFO3S/c1-2-4-15-6-9-17(23)13-20(15)21(12-3-5-18(24)14-21)27(25,26)19-10-7-16(22)8-11-19/h2,6-11,13,18,24H,1,3-5,12,14H2/t18-,21-/m0/s1. The summed E-state index contributed by atoms with van der Waals surface area (Å²) < 4.78 is 40.2. The van der Waals surface area contributed by atoms with E-state index in [0.29, 0.717) is 41.8 Å². The molecule has 1 saturated carbocycles. The molecule has 0 radical (unpaired) electrons. The normalized spacial score (nSPS) is 23.1. The second kappa shape index (κ2) is 7.74. The molecule has 2 aromatic carbocycles. The van der Waals surface area contributed by atoms with Crippen molar-refractivity contribution >= 4 is 21.4 Å². The Hall–Kier alpha value is -1.69. The van der Waals surface area contributed by atoms with Crippen molar-refractivity contribution in [2.24, 2.45) is 0 Å². The van der Waals surface area contributed by atoms with E-state index in [1.54, 1.807) is 12.1 Å². The van der Waals surface area contributed by atoms with Crippen LogP contribution in [0.5, 0.6) is 0 Å². The first-order chi connectivity index (χ1) is 12.8. The molecule has 0 spiro atoms. The lowest BCUT2D eigenvalue weighted by atomic mass is 9.79. The molecule has 1 aliphatic rings. The van der Waals surface area contributed by atoms with E-state index in [1.165, 1.54) is 36.4 Å². The van der Waals surface area contributed by atoms with Crippen LogP contribution in [0.25, 0.3) is 0 Å². The van der Waals surface area contributed by atoms with Gasteiger partial charge in [-0.15, -0.1) is 6.58 Å². The fourth-order valence-electron chi connectivity index (χ4n) is 3.99. The lowest BCUT2D eigenvalue weighted by Crippen LogP contribution is -2.43. The molecule has 0 amide bonds. The third-order valence-corrected chi connectivity index (χ3v) is 8.01. The topological polar surface area (TPSA) is 54.4 Å². The van der Waals surface area contributed by atoms with E-state index in [-0.39, 0.29) is 11.3 Å². The molecule has 2 atom stereocenters. The number of benzene rings is 2. The maximum Gasteiger partial charge on any atom is 0.188 e. The number of hydrogen-bond acceptors (Lipinski definition) is 3. The summed E-state index contributed by atoms with van der Waals surface area (Å²) in [6, 6.07) is 10.2. The maximum absolute atomic E-state index is 14.2. The Balaban J connectivity index is 2.27.